The van der Waals surface area contributed by atoms with Crippen molar-refractivity contribution in [2.75, 3.05) is 31.7 Å². The SMILES string of the molecule is CCOc1ccc(N2CC(CC(=O)OC)C2)cn1. The van der Waals surface area contributed by atoms with Gasteiger partial charge in [-0.2, -0.15) is 0 Å². The minimum atomic E-state index is -0.135. The fourth-order valence-corrected chi connectivity index (χ4v) is 2.02. The van der Waals surface area contributed by atoms with Gasteiger partial charge in [-0.3, -0.25) is 4.79 Å². The molecule has 1 aromatic rings. The summed E-state index contributed by atoms with van der Waals surface area (Å²) in [5, 5.41) is 0. The maximum absolute atomic E-state index is 11.1. The van der Waals surface area contributed by atoms with Gasteiger partial charge in [-0.25, -0.2) is 4.98 Å². The smallest absolute Gasteiger partial charge is 0.305 e. The van der Waals surface area contributed by atoms with Crippen molar-refractivity contribution < 1.29 is 14.3 Å². The van der Waals surface area contributed by atoms with Crippen LogP contribution in [0.3, 0.4) is 0 Å². The van der Waals surface area contributed by atoms with Crippen molar-refractivity contribution in [2.45, 2.75) is 13.3 Å². The van der Waals surface area contributed by atoms with Gasteiger partial charge in [-0.05, 0) is 13.0 Å². The van der Waals surface area contributed by atoms with Crippen LogP contribution in [0.4, 0.5) is 5.69 Å². The molecule has 98 valence electrons. The van der Waals surface area contributed by atoms with Gasteiger partial charge in [0.05, 0.1) is 32.0 Å². The third-order valence-corrected chi connectivity index (χ3v) is 3.02. The van der Waals surface area contributed by atoms with Gasteiger partial charge in [-0.1, -0.05) is 0 Å². The van der Waals surface area contributed by atoms with E-state index < -0.39 is 0 Å². The summed E-state index contributed by atoms with van der Waals surface area (Å²) in [6, 6.07) is 3.86. The van der Waals surface area contributed by atoms with Crippen LogP contribution < -0.4 is 9.64 Å². The predicted molar refractivity (Wildman–Crippen MR) is 67.7 cm³/mol. The minimum absolute atomic E-state index is 0.135. The number of esters is 1. The van der Waals surface area contributed by atoms with E-state index in [4.69, 9.17) is 4.74 Å². The lowest BCUT2D eigenvalue weighted by Gasteiger charge is -2.40. The molecule has 5 nitrogen and oxygen atoms in total. The molecule has 0 bridgehead atoms. The van der Waals surface area contributed by atoms with Crippen molar-refractivity contribution in [3.8, 4) is 5.88 Å². The van der Waals surface area contributed by atoms with E-state index in [9.17, 15) is 4.79 Å². The summed E-state index contributed by atoms with van der Waals surface area (Å²) >= 11 is 0. The zero-order chi connectivity index (χ0) is 13.0. The Labute approximate surface area is 107 Å². The van der Waals surface area contributed by atoms with Gasteiger partial charge in [0, 0.05) is 25.1 Å². The molecule has 18 heavy (non-hydrogen) atoms. The molecular formula is C13H18N2O3. The van der Waals surface area contributed by atoms with E-state index in [0.29, 0.717) is 24.8 Å². The van der Waals surface area contributed by atoms with Gasteiger partial charge in [0.15, 0.2) is 0 Å². The Kier molecular flexibility index (Phi) is 4.02. The average molecular weight is 250 g/mol. The highest BCUT2D eigenvalue weighted by Crippen LogP contribution is 2.27. The zero-order valence-electron chi connectivity index (χ0n) is 10.8. The molecule has 1 aliphatic rings. The Bertz CT molecular complexity index is 399. The molecule has 5 heteroatoms. The highest BCUT2D eigenvalue weighted by Gasteiger charge is 2.29. The van der Waals surface area contributed by atoms with Crippen LogP contribution in [0.15, 0.2) is 18.3 Å². The Morgan fingerprint density at radius 3 is 2.83 bits per heavy atom. The van der Waals surface area contributed by atoms with Crippen molar-refractivity contribution >= 4 is 11.7 Å². The first-order valence-corrected chi connectivity index (χ1v) is 6.13. The topological polar surface area (TPSA) is 51.7 Å². The monoisotopic (exact) mass is 250 g/mol. The van der Waals surface area contributed by atoms with Crippen LogP contribution in [0.2, 0.25) is 0 Å². The van der Waals surface area contributed by atoms with E-state index in [2.05, 4.69) is 14.6 Å². The molecule has 0 saturated carbocycles. The number of anilines is 1. The molecule has 1 saturated heterocycles. The van der Waals surface area contributed by atoms with Crippen molar-refractivity contribution in [1.29, 1.82) is 0 Å². The highest BCUT2D eigenvalue weighted by atomic mass is 16.5. The predicted octanol–water partition coefficient (Wildman–Crippen LogP) is 1.48. The van der Waals surface area contributed by atoms with E-state index in [-0.39, 0.29) is 5.97 Å². The Morgan fingerprint density at radius 2 is 2.28 bits per heavy atom. The second-order valence-electron chi connectivity index (χ2n) is 4.34. The van der Waals surface area contributed by atoms with Gasteiger partial charge in [-0.15, -0.1) is 0 Å². The summed E-state index contributed by atoms with van der Waals surface area (Å²) in [4.78, 5) is 17.5. The van der Waals surface area contributed by atoms with Crippen LogP contribution in [0.5, 0.6) is 5.88 Å². The minimum Gasteiger partial charge on any atom is -0.478 e. The normalized spacial score (nSPS) is 15.1. The number of hydrogen-bond donors (Lipinski definition) is 0. The van der Waals surface area contributed by atoms with E-state index in [1.807, 2.05) is 19.1 Å². The first-order valence-electron chi connectivity index (χ1n) is 6.13. The van der Waals surface area contributed by atoms with Gasteiger partial charge in [0.25, 0.3) is 0 Å². The number of carbonyl (C=O) groups excluding carboxylic acids is 1. The van der Waals surface area contributed by atoms with Crippen LogP contribution in [0, 0.1) is 5.92 Å². The molecule has 0 N–H and O–H groups in total. The van der Waals surface area contributed by atoms with E-state index in [0.717, 1.165) is 18.8 Å². The van der Waals surface area contributed by atoms with Crippen molar-refractivity contribution in [3.05, 3.63) is 18.3 Å². The molecule has 2 rings (SSSR count). The molecule has 0 radical (unpaired) electrons. The second kappa shape index (κ2) is 5.71. The lowest BCUT2D eigenvalue weighted by molar-refractivity contribution is -0.141. The van der Waals surface area contributed by atoms with E-state index >= 15 is 0 Å². The number of pyridine rings is 1. The fraction of sp³-hybridized carbons (Fsp3) is 0.538. The Hall–Kier alpha value is -1.78. The van der Waals surface area contributed by atoms with Gasteiger partial charge < -0.3 is 14.4 Å². The first kappa shape index (κ1) is 12.7. The molecule has 1 fully saturated rings. The average Bonchev–Trinajstić information content (AvgIpc) is 2.34. The van der Waals surface area contributed by atoms with Crippen LogP contribution in [0.1, 0.15) is 13.3 Å². The van der Waals surface area contributed by atoms with E-state index in [1.54, 1.807) is 6.20 Å². The van der Waals surface area contributed by atoms with Crippen LogP contribution in [0.25, 0.3) is 0 Å². The lowest BCUT2D eigenvalue weighted by Crippen LogP contribution is -2.47. The second-order valence-corrected chi connectivity index (χ2v) is 4.34. The molecule has 0 aliphatic carbocycles. The van der Waals surface area contributed by atoms with Crippen molar-refractivity contribution in [2.24, 2.45) is 5.92 Å². The maximum Gasteiger partial charge on any atom is 0.305 e. The quantitative estimate of drug-likeness (QED) is 0.741. The maximum atomic E-state index is 11.1. The lowest BCUT2D eigenvalue weighted by atomic mass is 9.96. The Morgan fingerprint density at radius 1 is 1.50 bits per heavy atom. The number of rotatable bonds is 5. The third-order valence-electron chi connectivity index (χ3n) is 3.02. The summed E-state index contributed by atoms with van der Waals surface area (Å²) in [5.41, 5.74) is 1.07. The van der Waals surface area contributed by atoms with Crippen LogP contribution in [-0.2, 0) is 9.53 Å². The summed E-state index contributed by atoms with van der Waals surface area (Å²) < 4.78 is 9.94. The Balaban J connectivity index is 1.82. The first-order chi connectivity index (χ1) is 8.72. The summed E-state index contributed by atoms with van der Waals surface area (Å²) in [6.07, 6.45) is 2.30. The van der Waals surface area contributed by atoms with Crippen LogP contribution >= 0.6 is 0 Å². The molecule has 0 spiro atoms. The standard InChI is InChI=1S/C13H18N2O3/c1-3-18-12-5-4-11(7-14-12)15-8-10(9-15)6-13(16)17-2/h4-5,7,10H,3,6,8-9H2,1-2H3. The van der Waals surface area contributed by atoms with Crippen molar-refractivity contribution in [1.82, 2.24) is 4.98 Å². The zero-order valence-corrected chi connectivity index (χ0v) is 10.8. The number of ether oxygens (including phenoxy) is 2. The summed E-state index contributed by atoms with van der Waals surface area (Å²) in [6.45, 7) is 4.31. The summed E-state index contributed by atoms with van der Waals surface area (Å²) in [7, 11) is 1.43. The molecule has 0 amide bonds. The van der Waals surface area contributed by atoms with Gasteiger partial charge in [0.2, 0.25) is 5.88 Å². The summed E-state index contributed by atoms with van der Waals surface area (Å²) in [5.74, 6) is 0.904. The third kappa shape index (κ3) is 2.91. The van der Waals surface area contributed by atoms with E-state index in [1.165, 1.54) is 7.11 Å². The van der Waals surface area contributed by atoms with Crippen LogP contribution in [-0.4, -0.2) is 37.8 Å². The number of methoxy groups -OCH3 is 1. The molecule has 1 aliphatic heterocycles. The molecule has 0 aromatic carbocycles. The number of nitrogens with zero attached hydrogens (tertiary/aromatic N) is 2. The molecule has 0 unspecified atom stereocenters. The highest BCUT2D eigenvalue weighted by molar-refractivity contribution is 5.70. The number of hydrogen-bond acceptors (Lipinski definition) is 5. The van der Waals surface area contributed by atoms with Crippen molar-refractivity contribution in [3.63, 3.8) is 0 Å². The largest absolute Gasteiger partial charge is 0.478 e. The number of aromatic nitrogens is 1. The van der Waals surface area contributed by atoms with Gasteiger partial charge in [0.1, 0.15) is 0 Å². The molecule has 2 heterocycles. The molecule has 1 aromatic heterocycles. The molecule has 0 atom stereocenters. The van der Waals surface area contributed by atoms with Gasteiger partial charge >= 0.3 is 5.97 Å². The number of carbonyl (C=O) groups is 1. The fourth-order valence-electron chi connectivity index (χ4n) is 2.02. The molecular weight excluding hydrogens is 232 g/mol.